The van der Waals surface area contributed by atoms with E-state index in [1.54, 1.807) is 48.5 Å². The minimum absolute atomic E-state index is 0.00849. The molecule has 1 aromatic heterocycles. The maximum atomic E-state index is 13.3. The Morgan fingerprint density at radius 2 is 1.83 bits per heavy atom. The van der Waals surface area contributed by atoms with E-state index in [1.165, 1.54) is 12.0 Å². The summed E-state index contributed by atoms with van der Waals surface area (Å²) in [5, 5.41) is 12.3. The lowest BCUT2D eigenvalue weighted by Crippen LogP contribution is -2.33. The summed E-state index contributed by atoms with van der Waals surface area (Å²) in [6.45, 7) is 0.437. The number of ether oxygens (including phenoxy) is 1. The molecular formula is C22H17Cl2NO5. The van der Waals surface area contributed by atoms with E-state index in [4.69, 9.17) is 32.4 Å². The van der Waals surface area contributed by atoms with Gasteiger partial charge < -0.3 is 19.2 Å². The third-order valence-electron chi connectivity index (χ3n) is 4.97. The second-order valence-corrected chi connectivity index (χ2v) is 7.70. The van der Waals surface area contributed by atoms with Gasteiger partial charge in [-0.05, 0) is 42.0 Å². The minimum atomic E-state index is -0.797. The first-order valence-corrected chi connectivity index (χ1v) is 9.88. The molecular weight excluding hydrogens is 429 g/mol. The lowest BCUT2D eigenvalue weighted by atomic mass is 9.95. The van der Waals surface area contributed by atoms with Crippen molar-refractivity contribution in [2.24, 2.45) is 0 Å². The zero-order chi connectivity index (χ0) is 21.4. The van der Waals surface area contributed by atoms with Gasteiger partial charge in [0.05, 0.1) is 18.2 Å². The maximum Gasteiger partial charge on any atom is 0.290 e. The number of hydrogen-bond acceptors (Lipinski definition) is 5. The number of amides is 1. The van der Waals surface area contributed by atoms with Crippen molar-refractivity contribution < 1.29 is 23.8 Å². The zero-order valence-corrected chi connectivity index (χ0v) is 17.4. The first-order chi connectivity index (χ1) is 14.4. The number of carbonyl (C=O) groups excluding carboxylic acids is 2. The highest BCUT2D eigenvalue weighted by Gasteiger charge is 2.44. The zero-order valence-electron chi connectivity index (χ0n) is 15.9. The minimum Gasteiger partial charge on any atom is -0.503 e. The second kappa shape index (κ2) is 8.14. The summed E-state index contributed by atoms with van der Waals surface area (Å²) in [6.07, 6.45) is 0. The van der Waals surface area contributed by atoms with Crippen molar-refractivity contribution in [3.63, 3.8) is 0 Å². The van der Waals surface area contributed by atoms with Crippen molar-refractivity contribution in [2.75, 3.05) is 20.3 Å². The molecule has 3 aromatic rings. The van der Waals surface area contributed by atoms with Gasteiger partial charge in [-0.1, -0.05) is 35.3 Å². The first kappa shape index (κ1) is 20.5. The number of fused-ring (bicyclic) bond motifs is 1. The summed E-state index contributed by atoms with van der Waals surface area (Å²) in [6, 6.07) is 12.5. The average Bonchev–Trinajstić information content (AvgIpc) is 3.26. The number of ketones is 1. The summed E-state index contributed by atoms with van der Waals surface area (Å²) in [4.78, 5) is 27.5. The largest absolute Gasteiger partial charge is 0.503 e. The molecule has 0 aliphatic carbocycles. The SMILES string of the molecule is COCCN1C(=O)C(O)=C(C(=O)c2cc3cc(Cl)ccc3o2)C1c1ccc(Cl)cc1. The molecule has 0 saturated carbocycles. The first-order valence-electron chi connectivity index (χ1n) is 9.13. The van der Waals surface area contributed by atoms with Crippen LogP contribution in [0.2, 0.25) is 10.0 Å². The highest BCUT2D eigenvalue weighted by Crippen LogP contribution is 2.39. The van der Waals surface area contributed by atoms with Crippen LogP contribution in [-0.4, -0.2) is 42.0 Å². The summed E-state index contributed by atoms with van der Waals surface area (Å²) >= 11 is 12.0. The van der Waals surface area contributed by atoms with E-state index in [1.807, 2.05) is 0 Å². The molecule has 1 atom stereocenters. The second-order valence-electron chi connectivity index (χ2n) is 6.83. The molecule has 0 spiro atoms. The molecule has 1 aliphatic heterocycles. The lowest BCUT2D eigenvalue weighted by Gasteiger charge is -2.26. The summed E-state index contributed by atoms with van der Waals surface area (Å²) < 4.78 is 10.8. The summed E-state index contributed by atoms with van der Waals surface area (Å²) in [5.74, 6) is -1.81. The number of benzene rings is 2. The maximum absolute atomic E-state index is 13.3. The molecule has 1 unspecified atom stereocenters. The van der Waals surface area contributed by atoms with Crippen LogP contribution in [0.3, 0.4) is 0 Å². The highest BCUT2D eigenvalue weighted by atomic mass is 35.5. The Balaban J connectivity index is 1.79. The number of aliphatic hydroxyl groups excluding tert-OH is 1. The van der Waals surface area contributed by atoms with Gasteiger partial charge >= 0.3 is 0 Å². The van der Waals surface area contributed by atoms with Crippen LogP contribution in [0.25, 0.3) is 11.0 Å². The monoisotopic (exact) mass is 445 g/mol. The lowest BCUT2D eigenvalue weighted by molar-refractivity contribution is -0.130. The van der Waals surface area contributed by atoms with Crippen molar-refractivity contribution in [1.82, 2.24) is 4.90 Å². The van der Waals surface area contributed by atoms with Crippen molar-refractivity contribution in [3.05, 3.63) is 81.2 Å². The van der Waals surface area contributed by atoms with E-state index in [0.717, 1.165) is 0 Å². The Kier molecular flexibility index (Phi) is 5.56. The van der Waals surface area contributed by atoms with Crippen molar-refractivity contribution >= 4 is 45.9 Å². The van der Waals surface area contributed by atoms with Gasteiger partial charge in [-0.2, -0.15) is 0 Å². The molecule has 1 aliphatic rings. The van der Waals surface area contributed by atoms with Crippen molar-refractivity contribution in [2.45, 2.75) is 6.04 Å². The van der Waals surface area contributed by atoms with Gasteiger partial charge in [-0.25, -0.2) is 0 Å². The van der Waals surface area contributed by atoms with E-state index >= 15 is 0 Å². The number of rotatable bonds is 6. The van der Waals surface area contributed by atoms with Gasteiger partial charge in [0, 0.05) is 29.1 Å². The van der Waals surface area contributed by atoms with E-state index in [9.17, 15) is 14.7 Å². The molecule has 0 fully saturated rings. The predicted molar refractivity (Wildman–Crippen MR) is 113 cm³/mol. The van der Waals surface area contributed by atoms with Crippen LogP contribution in [0.1, 0.15) is 22.2 Å². The molecule has 6 nitrogen and oxygen atoms in total. The number of aliphatic hydroxyl groups is 1. The van der Waals surface area contributed by atoms with Crippen molar-refractivity contribution in [1.29, 1.82) is 0 Å². The molecule has 2 aromatic carbocycles. The van der Waals surface area contributed by atoms with Crippen LogP contribution in [0.15, 0.2) is 64.3 Å². The van der Waals surface area contributed by atoms with E-state index in [-0.39, 0.29) is 24.5 Å². The van der Waals surface area contributed by atoms with E-state index in [2.05, 4.69) is 0 Å². The normalized spacial score (nSPS) is 16.7. The van der Waals surface area contributed by atoms with Gasteiger partial charge in [0.15, 0.2) is 11.5 Å². The fourth-order valence-electron chi connectivity index (χ4n) is 3.56. The van der Waals surface area contributed by atoms with Gasteiger partial charge in [0.25, 0.3) is 5.91 Å². The van der Waals surface area contributed by atoms with Crippen LogP contribution in [0, 0.1) is 0 Å². The van der Waals surface area contributed by atoms with E-state index < -0.39 is 23.5 Å². The number of nitrogens with zero attached hydrogens (tertiary/aromatic N) is 1. The standard InChI is InChI=1S/C22H17Cl2NO5/c1-29-9-8-25-19(12-2-4-14(23)5-3-12)18(21(27)22(25)28)20(26)17-11-13-10-15(24)6-7-16(13)30-17/h2-7,10-11,19,27H,8-9H2,1H3. The Morgan fingerprint density at radius 3 is 2.53 bits per heavy atom. The molecule has 1 N–H and O–H groups in total. The van der Waals surface area contributed by atoms with Crippen LogP contribution >= 0.6 is 23.2 Å². The molecule has 0 bridgehead atoms. The third-order valence-corrected chi connectivity index (χ3v) is 5.46. The number of methoxy groups -OCH3 is 1. The fraction of sp³-hybridized carbons (Fsp3) is 0.182. The molecule has 1 amide bonds. The molecule has 0 radical (unpaired) electrons. The summed E-state index contributed by atoms with van der Waals surface area (Å²) in [7, 11) is 1.51. The average molecular weight is 446 g/mol. The Hall–Kier alpha value is -2.80. The quantitative estimate of drug-likeness (QED) is 0.542. The molecule has 2 heterocycles. The Morgan fingerprint density at radius 1 is 1.13 bits per heavy atom. The van der Waals surface area contributed by atoms with Gasteiger partial charge in [-0.15, -0.1) is 0 Å². The molecule has 8 heteroatoms. The van der Waals surface area contributed by atoms with Crippen LogP contribution < -0.4 is 0 Å². The van der Waals surface area contributed by atoms with Crippen LogP contribution in [-0.2, 0) is 9.53 Å². The number of furan rings is 1. The van der Waals surface area contributed by atoms with Crippen LogP contribution in [0.4, 0.5) is 0 Å². The fourth-order valence-corrected chi connectivity index (χ4v) is 3.86. The van der Waals surface area contributed by atoms with Gasteiger partial charge in [0.2, 0.25) is 5.78 Å². The Bertz CT molecular complexity index is 1170. The van der Waals surface area contributed by atoms with Crippen molar-refractivity contribution in [3.8, 4) is 0 Å². The number of halogens is 2. The van der Waals surface area contributed by atoms with Gasteiger partial charge in [-0.3, -0.25) is 9.59 Å². The number of Topliss-reactive ketones (excluding diaryl/α,β-unsaturated/α-hetero) is 1. The molecule has 154 valence electrons. The third kappa shape index (κ3) is 3.58. The predicted octanol–water partition coefficient (Wildman–Crippen LogP) is 4.96. The van der Waals surface area contributed by atoms with E-state index in [0.29, 0.717) is 26.6 Å². The Labute approximate surface area is 182 Å². The molecule has 30 heavy (non-hydrogen) atoms. The molecule has 4 rings (SSSR count). The highest BCUT2D eigenvalue weighted by molar-refractivity contribution is 6.31. The van der Waals surface area contributed by atoms with Crippen LogP contribution in [0.5, 0.6) is 0 Å². The molecule has 0 saturated heterocycles. The topological polar surface area (TPSA) is 80.0 Å². The number of hydrogen-bond donors (Lipinski definition) is 1. The number of carbonyl (C=O) groups is 2. The summed E-state index contributed by atoms with van der Waals surface area (Å²) in [5.41, 5.74) is 1.06. The smallest absolute Gasteiger partial charge is 0.290 e. The van der Waals surface area contributed by atoms with Gasteiger partial charge in [0.1, 0.15) is 5.58 Å².